The number of nitrogens with zero attached hydrogens (tertiary/aromatic N) is 2. The van der Waals surface area contributed by atoms with Crippen molar-refractivity contribution in [2.45, 2.75) is 6.54 Å². The van der Waals surface area contributed by atoms with E-state index in [0.29, 0.717) is 0 Å². The average molecular weight is 291 g/mol. The van der Waals surface area contributed by atoms with Gasteiger partial charge < -0.3 is 10.2 Å². The molecule has 0 aliphatic rings. The van der Waals surface area contributed by atoms with Gasteiger partial charge in [-0.3, -0.25) is 4.79 Å². The molecule has 4 nitrogen and oxygen atoms in total. The van der Waals surface area contributed by atoms with Gasteiger partial charge in [0.15, 0.2) is 0 Å². The van der Waals surface area contributed by atoms with E-state index in [1.807, 2.05) is 25.1 Å². The van der Waals surface area contributed by atoms with Gasteiger partial charge in [0.05, 0.1) is 0 Å². The Morgan fingerprint density at radius 3 is 2.52 bits per heavy atom. The van der Waals surface area contributed by atoms with Crippen LogP contribution in [0.5, 0.6) is 0 Å². The molecule has 1 N–H and O–H groups in total. The molecule has 1 amide bonds. The van der Waals surface area contributed by atoms with Crippen molar-refractivity contribution in [2.24, 2.45) is 0 Å². The van der Waals surface area contributed by atoms with Gasteiger partial charge in [-0.25, -0.2) is 13.8 Å². The highest BCUT2D eigenvalue weighted by Gasteiger charge is 2.11. The van der Waals surface area contributed by atoms with Crippen LogP contribution in [0.4, 0.5) is 14.6 Å². The second-order valence-electron chi connectivity index (χ2n) is 4.72. The van der Waals surface area contributed by atoms with Crippen LogP contribution in [0.15, 0.2) is 36.5 Å². The van der Waals surface area contributed by atoms with E-state index < -0.39 is 17.5 Å². The van der Waals surface area contributed by atoms with Crippen molar-refractivity contribution in [2.75, 3.05) is 19.0 Å². The van der Waals surface area contributed by atoms with Crippen LogP contribution in [0, 0.1) is 11.6 Å². The number of halogens is 2. The summed E-state index contributed by atoms with van der Waals surface area (Å²) in [5.41, 5.74) is 0.760. The molecule has 1 aromatic heterocycles. The summed E-state index contributed by atoms with van der Waals surface area (Å²) in [6.07, 6.45) is 1.66. The van der Waals surface area contributed by atoms with Crippen LogP contribution in [0.3, 0.4) is 0 Å². The zero-order chi connectivity index (χ0) is 15.4. The molecule has 0 spiro atoms. The minimum absolute atomic E-state index is 0.0530. The fourth-order valence-corrected chi connectivity index (χ4v) is 1.93. The largest absolute Gasteiger partial charge is 0.362 e. The van der Waals surface area contributed by atoms with Gasteiger partial charge in [-0.15, -0.1) is 0 Å². The zero-order valence-electron chi connectivity index (χ0n) is 11.7. The maximum absolute atomic E-state index is 13.1. The maximum Gasteiger partial charge on any atom is 0.251 e. The Balaban J connectivity index is 2.11. The minimum Gasteiger partial charge on any atom is -0.362 e. The van der Waals surface area contributed by atoms with Gasteiger partial charge in [-0.1, -0.05) is 6.07 Å². The Morgan fingerprint density at radius 1 is 1.24 bits per heavy atom. The summed E-state index contributed by atoms with van der Waals surface area (Å²) in [6, 6.07) is 6.30. The number of rotatable bonds is 4. The summed E-state index contributed by atoms with van der Waals surface area (Å²) in [5, 5.41) is 2.63. The Hall–Kier alpha value is -2.50. The lowest BCUT2D eigenvalue weighted by atomic mass is 10.2. The van der Waals surface area contributed by atoms with Crippen molar-refractivity contribution in [3.05, 3.63) is 59.3 Å². The van der Waals surface area contributed by atoms with E-state index in [9.17, 15) is 13.6 Å². The van der Waals surface area contributed by atoms with Crippen LogP contribution >= 0.6 is 0 Å². The van der Waals surface area contributed by atoms with Gasteiger partial charge in [0.2, 0.25) is 0 Å². The number of pyridine rings is 1. The maximum atomic E-state index is 13.1. The third-order valence-corrected chi connectivity index (χ3v) is 2.86. The fraction of sp³-hybridized carbons (Fsp3) is 0.200. The summed E-state index contributed by atoms with van der Waals surface area (Å²) in [6.45, 7) is 0.221. The summed E-state index contributed by atoms with van der Waals surface area (Å²) in [4.78, 5) is 18.0. The molecule has 0 saturated heterocycles. The summed E-state index contributed by atoms with van der Waals surface area (Å²) < 4.78 is 26.2. The van der Waals surface area contributed by atoms with E-state index in [-0.39, 0.29) is 12.1 Å². The first kappa shape index (κ1) is 14.9. The molecule has 0 bridgehead atoms. The summed E-state index contributed by atoms with van der Waals surface area (Å²) >= 11 is 0. The zero-order valence-corrected chi connectivity index (χ0v) is 11.7. The summed E-state index contributed by atoms with van der Waals surface area (Å²) in [5.74, 6) is -1.38. The molecule has 0 aliphatic carbocycles. The Labute approximate surface area is 121 Å². The monoisotopic (exact) mass is 291 g/mol. The van der Waals surface area contributed by atoms with Gasteiger partial charge >= 0.3 is 0 Å². The van der Waals surface area contributed by atoms with Crippen molar-refractivity contribution >= 4 is 11.7 Å². The first-order chi connectivity index (χ1) is 9.97. The topological polar surface area (TPSA) is 45.2 Å². The van der Waals surface area contributed by atoms with Crippen LogP contribution in [0.1, 0.15) is 15.9 Å². The second kappa shape index (κ2) is 6.30. The standard InChI is InChI=1S/C15H15F2N3O/c1-20(2)14-10(4-3-5-18-14)9-19-15(21)11-6-12(16)8-13(17)7-11/h3-8H,9H2,1-2H3,(H,19,21). The molecule has 0 atom stereocenters. The molecule has 0 aliphatic heterocycles. The third kappa shape index (κ3) is 3.75. The first-order valence-electron chi connectivity index (χ1n) is 6.33. The number of hydrogen-bond donors (Lipinski definition) is 1. The van der Waals surface area contributed by atoms with Crippen molar-refractivity contribution in [1.82, 2.24) is 10.3 Å². The van der Waals surface area contributed by atoms with Crippen LogP contribution in [0.2, 0.25) is 0 Å². The van der Waals surface area contributed by atoms with Crippen LogP contribution < -0.4 is 10.2 Å². The third-order valence-electron chi connectivity index (χ3n) is 2.86. The lowest BCUT2D eigenvalue weighted by Gasteiger charge is -2.16. The van der Waals surface area contributed by atoms with E-state index in [2.05, 4.69) is 10.3 Å². The lowest BCUT2D eigenvalue weighted by molar-refractivity contribution is 0.0950. The van der Waals surface area contributed by atoms with Gasteiger partial charge in [-0.2, -0.15) is 0 Å². The van der Waals surface area contributed by atoms with E-state index in [0.717, 1.165) is 29.6 Å². The van der Waals surface area contributed by atoms with E-state index in [1.165, 1.54) is 0 Å². The number of carbonyl (C=O) groups excluding carboxylic acids is 1. The quantitative estimate of drug-likeness (QED) is 0.940. The van der Waals surface area contributed by atoms with Crippen LogP contribution in [-0.2, 0) is 6.54 Å². The van der Waals surface area contributed by atoms with E-state index >= 15 is 0 Å². The van der Waals surface area contributed by atoms with Crippen LogP contribution in [0.25, 0.3) is 0 Å². The molecule has 21 heavy (non-hydrogen) atoms. The van der Waals surface area contributed by atoms with Gasteiger partial charge in [0.25, 0.3) is 5.91 Å². The normalized spacial score (nSPS) is 10.3. The number of anilines is 1. The number of hydrogen-bond acceptors (Lipinski definition) is 3. The van der Waals surface area contributed by atoms with Crippen molar-refractivity contribution in [3.8, 4) is 0 Å². The molecule has 2 rings (SSSR count). The second-order valence-corrected chi connectivity index (χ2v) is 4.72. The van der Waals surface area contributed by atoms with Gasteiger partial charge in [0.1, 0.15) is 17.5 Å². The number of benzene rings is 1. The van der Waals surface area contributed by atoms with Gasteiger partial charge in [-0.05, 0) is 18.2 Å². The Bertz CT molecular complexity index is 639. The Kier molecular flexibility index (Phi) is 4.47. The van der Waals surface area contributed by atoms with E-state index in [1.54, 1.807) is 12.3 Å². The average Bonchev–Trinajstić information content (AvgIpc) is 2.43. The lowest BCUT2D eigenvalue weighted by Crippen LogP contribution is -2.24. The molecular formula is C15H15F2N3O. The molecule has 6 heteroatoms. The number of amides is 1. The molecule has 1 aromatic carbocycles. The molecule has 1 heterocycles. The molecule has 110 valence electrons. The highest BCUT2D eigenvalue weighted by Crippen LogP contribution is 2.14. The first-order valence-corrected chi connectivity index (χ1v) is 6.33. The van der Waals surface area contributed by atoms with Gasteiger partial charge in [0, 0.05) is 44.0 Å². The highest BCUT2D eigenvalue weighted by atomic mass is 19.1. The number of carbonyl (C=O) groups is 1. The number of aromatic nitrogens is 1. The van der Waals surface area contributed by atoms with Crippen LogP contribution in [-0.4, -0.2) is 25.0 Å². The number of nitrogens with one attached hydrogen (secondary N) is 1. The fourth-order valence-electron chi connectivity index (χ4n) is 1.93. The summed E-state index contributed by atoms with van der Waals surface area (Å²) in [7, 11) is 3.69. The van der Waals surface area contributed by atoms with E-state index in [4.69, 9.17) is 0 Å². The predicted molar refractivity (Wildman–Crippen MR) is 76.1 cm³/mol. The highest BCUT2D eigenvalue weighted by molar-refractivity contribution is 5.94. The molecule has 0 saturated carbocycles. The molecule has 0 fully saturated rings. The Morgan fingerprint density at radius 2 is 1.90 bits per heavy atom. The van der Waals surface area contributed by atoms with Crippen molar-refractivity contribution in [3.63, 3.8) is 0 Å². The molecular weight excluding hydrogens is 276 g/mol. The molecule has 0 unspecified atom stereocenters. The smallest absolute Gasteiger partial charge is 0.251 e. The molecule has 0 radical (unpaired) electrons. The minimum atomic E-state index is -0.782. The predicted octanol–water partition coefficient (Wildman–Crippen LogP) is 2.36. The van der Waals surface area contributed by atoms with Crippen molar-refractivity contribution < 1.29 is 13.6 Å². The molecule has 2 aromatic rings. The SMILES string of the molecule is CN(C)c1ncccc1CNC(=O)c1cc(F)cc(F)c1. The van der Waals surface area contributed by atoms with Crippen molar-refractivity contribution in [1.29, 1.82) is 0 Å².